The molecule has 0 unspecified atom stereocenters. The molecule has 1 aromatic rings. The topological polar surface area (TPSA) is 54.5 Å². The molecule has 1 aromatic heterocycles. The summed E-state index contributed by atoms with van der Waals surface area (Å²) in [4.78, 5) is 17.8. The normalized spacial score (nSPS) is 10.1. The lowest BCUT2D eigenvalue weighted by atomic mass is 10.2. The van der Waals surface area contributed by atoms with Crippen LogP contribution in [0.2, 0.25) is 0 Å². The molecule has 1 heterocycles. The first-order chi connectivity index (χ1) is 8.19. The van der Waals surface area contributed by atoms with Crippen molar-refractivity contribution in [3.63, 3.8) is 0 Å². The summed E-state index contributed by atoms with van der Waals surface area (Å²) in [5, 5.41) is 3.08. The van der Waals surface area contributed by atoms with E-state index in [4.69, 9.17) is 4.74 Å². The van der Waals surface area contributed by atoms with Crippen molar-refractivity contribution in [1.29, 1.82) is 0 Å². The second-order valence-corrected chi connectivity index (χ2v) is 3.68. The fourth-order valence-electron chi connectivity index (χ4n) is 1.39. The van der Waals surface area contributed by atoms with Gasteiger partial charge < -0.3 is 15.0 Å². The van der Waals surface area contributed by atoms with E-state index in [1.54, 1.807) is 37.4 Å². The number of nitrogens with zero attached hydrogens (tertiary/aromatic N) is 2. The second kappa shape index (κ2) is 6.85. The van der Waals surface area contributed by atoms with Crippen molar-refractivity contribution in [2.45, 2.75) is 6.92 Å². The molecule has 0 aliphatic heterocycles. The summed E-state index contributed by atoms with van der Waals surface area (Å²) in [6.07, 6.45) is 1.63. The van der Waals surface area contributed by atoms with Crippen molar-refractivity contribution in [2.24, 2.45) is 0 Å². The summed E-state index contributed by atoms with van der Waals surface area (Å²) in [5.41, 5.74) is 0.634. The van der Waals surface area contributed by atoms with Gasteiger partial charge in [-0.25, -0.2) is 4.98 Å². The highest BCUT2D eigenvalue weighted by atomic mass is 16.5. The van der Waals surface area contributed by atoms with Crippen molar-refractivity contribution in [2.75, 3.05) is 39.2 Å². The maximum Gasteiger partial charge on any atom is 0.253 e. The standard InChI is InChI=1S/C12H19N3O2/c1-4-13-11-9-10(5-6-14-11)12(16)15(2)7-8-17-3/h5-6,9H,4,7-8H2,1-3H3,(H,13,14). The van der Waals surface area contributed by atoms with Gasteiger partial charge in [-0.15, -0.1) is 0 Å². The molecule has 0 spiro atoms. The minimum absolute atomic E-state index is 0.0244. The Morgan fingerprint density at radius 3 is 3.00 bits per heavy atom. The number of amides is 1. The molecule has 5 heteroatoms. The molecule has 5 nitrogen and oxygen atoms in total. The van der Waals surface area contributed by atoms with E-state index in [0.29, 0.717) is 18.7 Å². The molecule has 0 aromatic carbocycles. The largest absolute Gasteiger partial charge is 0.383 e. The maximum absolute atomic E-state index is 12.0. The van der Waals surface area contributed by atoms with Gasteiger partial charge in [0.1, 0.15) is 5.82 Å². The van der Waals surface area contributed by atoms with E-state index in [9.17, 15) is 4.79 Å². The summed E-state index contributed by atoms with van der Waals surface area (Å²) >= 11 is 0. The van der Waals surface area contributed by atoms with Crippen LogP contribution < -0.4 is 5.32 Å². The third kappa shape index (κ3) is 4.03. The number of pyridine rings is 1. The fourth-order valence-corrected chi connectivity index (χ4v) is 1.39. The number of anilines is 1. The van der Waals surface area contributed by atoms with Gasteiger partial charge in [0.25, 0.3) is 5.91 Å². The molecule has 0 aliphatic carbocycles. The number of nitrogens with one attached hydrogen (secondary N) is 1. The number of hydrogen-bond donors (Lipinski definition) is 1. The molecule has 0 saturated heterocycles. The molecule has 0 radical (unpaired) electrons. The number of hydrogen-bond acceptors (Lipinski definition) is 4. The van der Waals surface area contributed by atoms with Crippen LogP contribution in [0.25, 0.3) is 0 Å². The predicted octanol–water partition coefficient (Wildman–Crippen LogP) is 1.23. The zero-order valence-corrected chi connectivity index (χ0v) is 10.6. The number of aromatic nitrogens is 1. The number of likely N-dealkylation sites (N-methyl/N-ethyl adjacent to an activating group) is 1. The van der Waals surface area contributed by atoms with E-state index < -0.39 is 0 Å². The molecule has 0 fully saturated rings. The lowest BCUT2D eigenvalue weighted by Crippen LogP contribution is -2.30. The smallest absolute Gasteiger partial charge is 0.253 e. The fraction of sp³-hybridized carbons (Fsp3) is 0.500. The van der Waals surface area contributed by atoms with Gasteiger partial charge in [0.15, 0.2) is 0 Å². The average molecular weight is 237 g/mol. The molecule has 17 heavy (non-hydrogen) atoms. The molecule has 1 N–H and O–H groups in total. The molecule has 0 saturated carbocycles. The molecule has 1 amide bonds. The third-order valence-corrected chi connectivity index (χ3v) is 2.34. The Hall–Kier alpha value is -1.62. The van der Waals surface area contributed by atoms with Gasteiger partial charge in [0, 0.05) is 39.0 Å². The van der Waals surface area contributed by atoms with Gasteiger partial charge in [0.05, 0.1) is 6.61 Å². The zero-order chi connectivity index (χ0) is 12.7. The number of carbonyl (C=O) groups is 1. The maximum atomic E-state index is 12.0. The van der Waals surface area contributed by atoms with Crippen molar-refractivity contribution in [3.8, 4) is 0 Å². The van der Waals surface area contributed by atoms with E-state index in [-0.39, 0.29) is 5.91 Å². The molecule has 94 valence electrons. The van der Waals surface area contributed by atoms with Crippen molar-refractivity contribution in [3.05, 3.63) is 23.9 Å². The van der Waals surface area contributed by atoms with E-state index >= 15 is 0 Å². The Labute approximate surface area is 102 Å². The van der Waals surface area contributed by atoms with Crippen LogP contribution in [0, 0.1) is 0 Å². The van der Waals surface area contributed by atoms with Crippen LogP contribution in [0.1, 0.15) is 17.3 Å². The minimum Gasteiger partial charge on any atom is -0.383 e. The van der Waals surface area contributed by atoms with Crippen LogP contribution in [0.4, 0.5) is 5.82 Å². The number of ether oxygens (including phenoxy) is 1. The van der Waals surface area contributed by atoms with Crippen LogP contribution in [-0.2, 0) is 4.74 Å². The van der Waals surface area contributed by atoms with Crippen molar-refractivity contribution < 1.29 is 9.53 Å². The number of methoxy groups -OCH3 is 1. The number of carbonyl (C=O) groups excluding carboxylic acids is 1. The van der Waals surface area contributed by atoms with Crippen molar-refractivity contribution >= 4 is 11.7 Å². The molecule has 1 rings (SSSR count). The van der Waals surface area contributed by atoms with E-state index in [0.717, 1.165) is 12.4 Å². The van der Waals surface area contributed by atoms with Crippen LogP contribution in [-0.4, -0.2) is 49.6 Å². The molecule has 0 aliphatic rings. The van der Waals surface area contributed by atoms with Crippen LogP contribution in [0.3, 0.4) is 0 Å². The van der Waals surface area contributed by atoms with Crippen LogP contribution in [0.15, 0.2) is 18.3 Å². The Bertz CT molecular complexity index is 369. The van der Waals surface area contributed by atoms with Gasteiger partial charge in [-0.05, 0) is 19.1 Å². The average Bonchev–Trinajstić information content (AvgIpc) is 2.35. The monoisotopic (exact) mass is 237 g/mol. The first-order valence-corrected chi connectivity index (χ1v) is 5.63. The molecule has 0 bridgehead atoms. The Morgan fingerprint density at radius 1 is 1.59 bits per heavy atom. The molecule has 0 atom stereocenters. The lowest BCUT2D eigenvalue weighted by molar-refractivity contribution is 0.0744. The molecular weight excluding hydrogens is 218 g/mol. The summed E-state index contributed by atoms with van der Waals surface area (Å²) in [6, 6.07) is 3.47. The van der Waals surface area contributed by atoms with Gasteiger partial charge in [-0.2, -0.15) is 0 Å². The van der Waals surface area contributed by atoms with E-state index in [1.165, 1.54) is 0 Å². The SMILES string of the molecule is CCNc1cc(C(=O)N(C)CCOC)ccn1. The highest BCUT2D eigenvalue weighted by Crippen LogP contribution is 2.08. The second-order valence-electron chi connectivity index (χ2n) is 3.68. The Kier molecular flexibility index (Phi) is 5.42. The van der Waals surface area contributed by atoms with Crippen molar-refractivity contribution in [1.82, 2.24) is 9.88 Å². The highest BCUT2D eigenvalue weighted by Gasteiger charge is 2.11. The van der Waals surface area contributed by atoms with Crippen LogP contribution in [0.5, 0.6) is 0 Å². The molecular formula is C12H19N3O2. The number of rotatable bonds is 6. The first-order valence-electron chi connectivity index (χ1n) is 5.63. The van der Waals surface area contributed by atoms with Gasteiger partial charge in [-0.3, -0.25) is 4.79 Å². The van der Waals surface area contributed by atoms with Gasteiger partial charge in [0.2, 0.25) is 0 Å². The van der Waals surface area contributed by atoms with Crippen LogP contribution >= 0.6 is 0 Å². The Balaban J connectivity index is 2.70. The lowest BCUT2D eigenvalue weighted by Gasteiger charge is -2.16. The first kappa shape index (κ1) is 13.4. The Morgan fingerprint density at radius 2 is 2.35 bits per heavy atom. The predicted molar refractivity (Wildman–Crippen MR) is 67.2 cm³/mol. The summed E-state index contributed by atoms with van der Waals surface area (Å²) in [7, 11) is 3.38. The zero-order valence-electron chi connectivity index (χ0n) is 10.6. The van der Waals surface area contributed by atoms with Gasteiger partial charge >= 0.3 is 0 Å². The quantitative estimate of drug-likeness (QED) is 0.808. The summed E-state index contributed by atoms with van der Waals surface area (Å²) < 4.78 is 4.94. The third-order valence-electron chi connectivity index (χ3n) is 2.34. The minimum atomic E-state index is -0.0244. The summed E-state index contributed by atoms with van der Waals surface area (Å²) in [5.74, 6) is 0.696. The van der Waals surface area contributed by atoms with E-state index in [1.807, 2.05) is 6.92 Å². The van der Waals surface area contributed by atoms with Gasteiger partial charge in [-0.1, -0.05) is 0 Å². The summed E-state index contributed by atoms with van der Waals surface area (Å²) in [6.45, 7) is 3.88. The highest BCUT2D eigenvalue weighted by molar-refractivity contribution is 5.94. The van der Waals surface area contributed by atoms with E-state index in [2.05, 4.69) is 10.3 Å².